The maximum atomic E-state index is 10.6. The maximum Gasteiger partial charge on any atom is 0.333 e. The van der Waals surface area contributed by atoms with Crippen LogP contribution in [0.25, 0.3) is 0 Å². The number of rotatable bonds is 4. The largest absolute Gasteiger partial charge is 0.462 e. The Morgan fingerprint density at radius 2 is 2.30 bits per heavy atom. The van der Waals surface area contributed by atoms with E-state index in [1.807, 2.05) is 0 Å². The van der Waals surface area contributed by atoms with Crippen LogP contribution in [0.3, 0.4) is 0 Å². The van der Waals surface area contributed by atoms with Crippen molar-refractivity contribution in [2.75, 3.05) is 6.61 Å². The van der Waals surface area contributed by atoms with Gasteiger partial charge in [-0.15, -0.1) is 0 Å². The van der Waals surface area contributed by atoms with E-state index in [0.717, 1.165) is 0 Å². The second kappa shape index (κ2) is 4.79. The number of hydrogen-bond donors (Lipinski definition) is 0. The molecule has 0 spiro atoms. The van der Waals surface area contributed by atoms with Gasteiger partial charge in [-0.1, -0.05) is 13.2 Å². The molecule has 0 N–H and O–H groups in total. The lowest BCUT2D eigenvalue weighted by Crippen LogP contribution is -2.05. The van der Waals surface area contributed by atoms with E-state index in [9.17, 15) is 4.79 Å². The molecule has 0 atom stereocenters. The summed E-state index contributed by atoms with van der Waals surface area (Å²) >= 11 is 0. The van der Waals surface area contributed by atoms with Crippen molar-refractivity contribution in [3.05, 3.63) is 24.8 Å². The molecule has 0 aliphatic heterocycles. The van der Waals surface area contributed by atoms with Crippen molar-refractivity contribution >= 4 is 5.97 Å². The molecule has 0 unspecified atom stereocenters. The van der Waals surface area contributed by atoms with Crippen LogP contribution >= 0.6 is 0 Å². The Kier molecular flexibility index (Phi) is 4.29. The van der Waals surface area contributed by atoms with Crippen LogP contribution in [-0.4, -0.2) is 12.6 Å². The monoisotopic (exact) mass is 139 g/mol. The number of esters is 1. The van der Waals surface area contributed by atoms with Crippen LogP contribution in [0.15, 0.2) is 18.7 Å². The fourth-order valence-corrected chi connectivity index (χ4v) is 0.339. The lowest BCUT2D eigenvalue weighted by atomic mass is 10.4. The number of carbonyl (C=O) groups is 1. The molecule has 0 aromatic rings. The average molecular weight is 139 g/mol. The molecule has 2 heteroatoms. The average Bonchev–Trinajstić information content (AvgIpc) is 1.88. The molecule has 0 fully saturated rings. The van der Waals surface area contributed by atoms with Gasteiger partial charge in [0.15, 0.2) is 0 Å². The molecule has 0 saturated carbocycles. The van der Waals surface area contributed by atoms with E-state index in [-0.39, 0.29) is 5.97 Å². The normalized spacial score (nSPS) is 8.50. The molecular formula is C8H11O2. The van der Waals surface area contributed by atoms with E-state index in [1.165, 1.54) is 0 Å². The Labute approximate surface area is 61.2 Å². The smallest absolute Gasteiger partial charge is 0.333 e. The molecule has 0 amide bonds. The zero-order valence-corrected chi connectivity index (χ0v) is 6.14. The summed E-state index contributed by atoms with van der Waals surface area (Å²) < 4.78 is 4.70. The lowest BCUT2D eigenvalue weighted by molar-refractivity contribution is -0.138. The minimum atomic E-state index is -0.352. The van der Waals surface area contributed by atoms with Gasteiger partial charge in [0.25, 0.3) is 0 Å². The Morgan fingerprint density at radius 1 is 1.70 bits per heavy atom. The molecular weight excluding hydrogens is 128 g/mol. The summed E-state index contributed by atoms with van der Waals surface area (Å²) in [7, 11) is 0. The summed E-state index contributed by atoms with van der Waals surface area (Å²) in [6, 6.07) is 0. The van der Waals surface area contributed by atoms with Gasteiger partial charge in [0.1, 0.15) is 0 Å². The van der Waals surface area contributed by atoms with Gasteiger partial charge >= 0.3 is 5.97 Å². The van der Waals surface area contributed by atoms with Crippen LogP contribution in [0.1, 0.15) is 13.3 Å². The van der Waals surface area contributed by atoms with E-state index in [0.29, 0.717) is 18.6 Å². The van der Waals surface area contributed by atoms with Crippen molar-refractivity contribution in [3.63, 3.8) is 0 Å². The van der Waals surface area contributed by atoms with Crippen molar-refractivity contribution in [2.24, 2.45) is 0 Å². The summed E-state index contributed by atoms with van der Waals surface area (Å²) in [5.74, 6) is -0.352. The van der Waals surface area contributed by atoms with Crippen molar-refractivity contribution in [3.8, 4) is 0 Å². The highest BCUT2D eigenvalue weighted by molar-refractivity contribution is 5.86. The van der Waals surface area contributed by atoms with E-state index < -0.39 is 0 Å². The molecule has 0 aromatic carbocycles. The van der Waals surface area contributed by atoms with Crippen LogP contribution in [0.4, 0.5) is 0 Å². The Morgan fingerprint density at radius 3 is 2.70 bits per heavy atom. The molecule has 0 heterocycles. The molecule has 0 bridgehead atoms. The van der Waals surface area contributed by atoms with Crippen molar-refractivity contribution in [2.45, 2.75) is 13.3 Å². The molecule has 0 aromatic heterocycles. The van der Waals surface area contributed by atoms with Gasteiger partial charge < -0.3 is 4.74 Å². The minimum Gasteiger partial charge on any atom is -0.462 e. The van der Waals surface area contributed by atoms with Crippen molar-refractivity contribution < 1.29 is 9.53 Å². The first-order valence-electron chi connectivity index (χ1n) is 3.01. The van der Waals surface area contributed by atoms with Gasteiger partial charge in [-0.05, 0) is 13.0 Å². The van der Waals surface area contributed by atoms with E-state index in [1.54, 1.807) is 6.92 Å². The van der Waals surface area contributed by atoms with Gasteiger partial charge in [0, 0.05) is 12.0 Å². The van der Waals surface area contributed by atoms with Crippen LogP contribution in [-0.2, 0) is 9.53 Å². The second-order valence-electron chi connectivity index (χ2n) is 1.92. The van der Waals surface area contributed by atoms with Gasteiger partial charge in [-0.25, -0.2) is 4.79 Å². The lowest BCUT2D eigenvalue weighted by Gasteiger charge is -1.99. The fourth-order valence-electron chi connectivity index (χ4n) is 0.339. The third-order valence-corrected chi connectivity index (χ3v) is 0.860. The highest BCUT2D eigenvalue weighted by atomic mass is 16.5. The van der Waals surface area contributed by atoms with Crippen LogP contribution in [0.2, 0.25) is 0 Å². The molecule has 0 saturated heterocycles. The standard InChI is InChI=1S/C8H11O2/c1-4-5-6-10-8(9)7(2)3/h1-2,5-6H2,3H3. The maximum absolute atomic E-state index is 10.6. The molecule has 0 rings (SSSR count). The summed E-state index contributed by atoms with van der Waals surface area (Å²) in [6.45, 7) is 8.74. The van der Waals surface area contributed by atoms with Crippen LogP contribution in [0.5, 0.6) is 0 Å². The van der Waals surface area contributed by atoms with Crippen LogP contribution < -0.4 is 0 Å². The zero-order valence-electron chi connectivity index (χ0n) is 6.14. The van der Waals surface area contributed by atoms with Crippen molar-refractivity contribution in [1.82, 2.24) is 0 Å². The highest BCUT2D eigenvalue weighted by Crippen LogP contribution is 1.92. The van der Waals surface area contributed by atoms with Gasteiger partial charge in [-0.2, -0.15) is 0 Å². The number of hydrogen-bond acceptors (Lipinski definition) is 2. The first-order chi connectivity index (χ1) is 4.68. The molecule has 0 aliphatic carbocycles. The summed E-state index contributed by atoms with van der Waals surface area (Å²) in [6.07, 6.45) is 3.17. The van der Waals surface area contributed by atoms with Crippen molar-refractivity contribution in [1.29, 1.82) is 0 Å². The minimum absolute atomic E-state index is 0.342. The van der Waals surface area contributed by atoms with Gasteiger partial charge in [0.05, 0.1) is 6.61 Å². The quantitative estimate of drug-likeness (QED) is 0.335. The second-order valence-corrected chi connectivity index (χ2v) is 1.92. The third-order valence-electron chi connectivity index (χ3n) is 0.860. The first-order valence-corrected chi connectivity index (χ1v) is 3.01. The third kappa shape index (κ3) is 3.89. The molecule has 1 radical (unpaired) electrons. The molecule has 2 nitrogen and oxygen atoms in total. The van der Waals surface area contributed by atoms with Gasteiger partial charge in [-0.3, -0.25) is 0 Å². The Bertz CT molecular complexity index is 147. The summed E-state index contributed by atoms with van der Waals surface area (Å²) in [5.41, 5.74) is 0.420. The SMILES string of the molecule is C=[C]CCOC(=O)C(=C)C. The van der Waals surface area contributed by atoms with Crippen LogP contribution in [0, 0.1) is 6.08 Å². The topological polar surface area (TPSA) is 26.3 Å². The number of ether oxygens (including phenoxy) is 1. The number of carbonyl (C=O) groups excluding carboxylic acids is 1. The van der Waals surface area contributed by atoms with E-state index in [4.69, 9.17) is 4.74 Å². The van der Waals surface area contributed by atoms with E-state index >= 15 is 0 Å². The molecule has 55 valence electrons. The fraction of sp³-hybridized carbons (Fsp3) is 0.375. The zero-order chi connectivity index (χ0) is 7.98. The predicted octanol–water partition coefficient (Wildman–Crippen LogP) is 1.48. The Balaban J connectivity index is 3.40. The van der Waals surface area contributed by atoms with Gasteiger partial charge in [0.2, 0.25) is 0 Å². The first kappa shape index (κ1) is 8.95. The predicted molar refractivity (Wildman–Crippen MR) is 39.3 cm³/mol. The summed E-state index contributed by atoms with van der Waals surface area (Å²) in [5, 5.41) is 0. The van der Waals surface area contributed by atoms with E-state index in [2.05, 4.69) is 19.2 Å². The molecule has 10 heavy (non-hydrogen) atoms. The molecule has 0 aliphatic rings. The highest BCUT2D eigenvalue weighted by Gasteiger charge is 1.99. The summed E-state index contributed by atoms with van der Waals surface area (Å²) in [4.78, 5) is 10.6. The Hall–Kier alpha value is -1.05.